The Hall–Kier alpha value is -0.970. The van der Waals surface area contributed by atoms with Crippen molar-refractivity contribution in [1.82, 2.24) is 4.90 Å². The van der Waals surface area contributed by atoms with Gasteiger partial charge in [-0.25, -0.2) is 0 Å². The van der Waals surface area contributed by atoms with Crippen LogP contribution in [0.15, 0.2) is 54.4 Å². The van der Waals surface area contributed by atoms with Gasteiger partial charge in [0, 0.05) is 12.7 Å². The van der Waals surface area contributed by atoms with E-state index in [1.54, 1.807) is 0 Å². The number of rotatable bonds is 5. The zero-order valence-electron chi connectivity index (χ0n) is 11.4. The molecular formula is C16H20INO. The lowest BCUT2D eigenvalue weighted by molar-refractivity contribution is 0.0949. The first-order valence-corrected chi connectivity index (χ1v) is 8.00. The van der Waals surface area contributed by atoms with Gasteiger partial charge in [0.05, 0.1) is 0 Å². The summed E-state index contributed by atoms with van der Waals surface area (Å²) in [4.78, 5) is 2.27. The first-order chi connectivity index (χ1) is 9.26. The summed E-state index contributed by atoms with van der Waals surface area (Å²) in [5, 5.41) is 0. The SMILES string of the molecule is CC[C@@H](OC1=CC=CN(CC)C1I)c1ccccc1. The van der Waals surface area contributed by atoms with Crippen LogP contribution < -0.4 is 0 Å². The van der Waals surface area contributed by atoms with E-state index in [0.29, 0.717) is 0 Å². The van der Waals surface area contributed by atoms with Gasteiger partial charge in [0.25, 0.3) is 0 Å². The van der Waals surface area contributed by atoms with E-state index in [0.717, 1.165) is 18.7 Å². The summed E-state index contributed by atoms with van der Waals surface area (Å²) in [6.45, 7) is 5.32. The van der Waals surface area contributed by atoms with Crippen molar-refractivity contribution in [2.45, 2.75) is 30.4 Å². The summed E-state index contributed by atoms with van der Waals surface area (Å²) < 4.78 is 6.51. The largest absolute Gasteiger partial charge is 0.487 e. The molecule has 0 saturated heterocycles. The van der Waals surface area contributed by atoms with Gasteiger partial charge in [0.2, 0.25) is 0 Å². The minimum atomic E-state index is 0.134. The molecule has 3 heteroatoms. The molecule has 0 fully saturated rings. The van der Waals surface area contributed by atoms with Crippen molar-refractivity contribution in [2.24, 2.45) is 0 Å². The van der Waals surface area contributed by atoms with Crippen LogP contribution in [0.5, 0.6) is 0 Å². The van der Waals surface area contributed by atoms with Crippen molar-refractivity contribution in [1.29, 1.82) is 0 Å². The smallest absolute Gasteiger partial charge is 0.138 e. The van der Waals surface area contributed by atoms with Gasteiger partial charge in [-0.1, -0.05) is 37.3 Å². The minimum Gasteiger partial charge on any atom is -0.487 e. The van der Waals surface area contributed by atoms with Crippen molar-refractivity contribution < 1.29 is 4.74 Å². The minimum absolute atomic E-state index is 0.134. The molecule has 102 valence electrons. The van der Waals surface area contributed by atoms with Crippen LogP contribution in [0, 0.1) is 0 Å². The number of alkyl halides is 1. The Morgan fingerprint density at radius 1 is 1.26 bits per heavy atom. The van der Waals surface area contributed by atoms with Crippen LogP contribution in [-0.2, 0) is 4.74 Å². The topological polar surface area (TPSA) is 12.5 Å². The van der Waals surface area contributed by atoms with Crippen LogP contribution in [0.1, 0.15) is 31.9 Å². The van der Waals surface area contributed by atoms with E-state index in [9.17, 15) is 0 Å². The Morgan fingerprint density at radius 2 is 2.00 bits per heavy atom. The first kappa shape index (κ1) is 14.4. The van der Waals surface area contributed by atoms with Crippen LogP contribution in [-0.4, -0.2) is 15.5 Å². The molecule has 1 aromatic rings. The fraction of sp³-hybridized carbons (Fsp3) is 0.375. The van der Waals surface area contributed by atoms with E-state index in [-0.39, 0.29) is 10.2 Å². The quantitative estimate of drug-likeness (QED) is 0.426. The second-order valence-corrected chi connectivity index (χ2v) is 5.68. The number of benzene rings is 1. The molecule has 0 aliphatic carbocycles. The van der Waals surface area contributed by atoms with E-state index in [2.05, 4.69) is 84.0 Å². The first-order valence-electron chi connectivity index (χ1n) is 6.76. The number of halogens is 1. The maximum Gasteiger partial charge on any atom is 0.138 e. The molecule has 1 aliphatic heterocycles. The van der Waals surface area contributed by atoms with Gasteiger partial charge in [0.1, 0.15) is 15.9 Å². The molecule has 19 heavy (non-hydrogen) atoms. The van der Waals surface area contributed by atoms with Crippen LogP contribution in [0.25, 0.3) is 0 Å². The van der Waals surface area contributed by atoms with Crippen LogP contribution in [0.2, 0.25) is 0 Å². The molecule has 0 radical (unpaired) electrons. The summed E-state index contributed by atoms with van der Waals surface area (Å²) in [6.07, 6.45) is 7.36. The highest BCUT2D eigenvalue weighted by molar-refractivity contribution is 14.1. The van der Waals surface area contributed by atoms with E-state index in [1.807, 2.05) is 6.07 Å². The lowest BCUT2D eigenvalue weighted by atomic mass is 10.1. The Balaban J connectivity index is 2.11. The summed E-state index contributed by atoms with van der Waals surface area (Å²) in [7, 11) is 0. The van der Waals surface area contributed by atoms with Gasteiger partial charge >= 0.3 is 0 Å². The molecule has 0 aromatic heterocycles. The van der Waals surface area contributed by atoms with Crippen molar-refractivity contribution in [3.63, 3.8) is 0 Å². The Bertz CT molecular complexity index is 455. The maximum absolute atomic E-state index is 6.23. The molecule has 0 N–H and O–H groups in total. The third-order valence-electron chi connectivity index (χ3n) is 3.25. The van der Waals surface area contributed by atoms with Crippen LogP contribution in [0.4, 0.5) is 0 Å². The molecule has 1 heterocycles. The van der Waals surface area contributed by atoms with Crippen LogP contribution in [0.3, 0.4) is 0 Å². The van der Waals surface area contributed by atoms with Gasteiger partial charge in [0.15, 0.2) is 0 Å². The average Bonchev–Trinajstić information content (AvgIpc) is 2.47. The lowest BCUT2D eigenvalue weighted by Gasteiger charge is -2.31. The molecule has 2 rings (SSSR count). The predicted octanol–water partition coefficient (Wildman–Crippen LogP) is 4.65. The predicted molar refractivity (Wildman–Crippen MR) is 88.0 cm³/mol. The normalized spacial score (nSPS) is 20.1. The monoisotopic (exact) mass is 369 g/mol. The zero-order valence-corrected chi connectivity index (χ0v) is 13.6. The number of hydrogen-bond acceptors (Lipinski definition) is 2. The molecule has 0 saturated carbocycles. The fourth-order valence-corrected chi connectivity index (χ4v) is 3.08. The summed E-state index contributed by atoms with van der Waals surface area (Å²) in [5.41, 5.74) is 1.24. The van der Waals surface area contributed by atoms with E-state index < -0.39 is 0 Å². The highest BCUT2D eigenvalue weighted by Crippen LogP contribution is 2.30. The maximum atomic E-state index is 6.23. The lowest BCUT2D eigenvalue weighted by Crippen LogP contribution is -2.30. The number of allylic oxidation sites excluding steroid dienone is 2. The number of nitrogens with zero attached hydrogens (tertiary/aromatic N) is 1. The summed E-state index contributed by atoms with van der Waals surface area (Å²) >= 11 is 2.43. The highest BCUT2D eigenvalue weighted by atomic mass is 127. The van der Waals surface area contributed by atoms with Crippen molar-refractivity contribution in [3.05, 3.63) is 60.0 Å². The molecule has 2 nitrogen and oxygen atoms in total. The van der Waals surface area contributed by atoms with Crippen molar-refractivity contribution in [3.8, 4) is 0 Å². The molecule has 0 bridgehead atoms. The van der Waals surface area contributed by atoms with E-state index >= 15 is 0 Å². The van der Waals surface area contributed by atoms with Gasteiger partial charge in [-0.15, -0.1) is 0 Å². The molecule has 0 amide bonds. The highest BCUT2D eigenvalue weighted by Gasteiger charge is 2.22. The molecule has 1 aromatic carbocycles. The summed E-state index contributed by atoms with van der Waals surface area (Å²) in [6, 6.07) is 10.4. The zero-order chi connectivity index (χ0) is 13.7. The molecule has 0 spiro atoms. The van der Waals surface area contributed by atoms with Gasteiger partial charge in [-0.05, 0) is 53.7 Å². The van der Waals surface area contributed by atoms with Gasteiger partial charge < -0.3 is 9.64 Å². The Kier molecular flexibility index (Phi) is 5.31. The molecule has 1 aliphatic rings. The number of likely N-dealkylation sites (N-methyl/N-ethyl adjacent to an activating group) is 1. The average molecular weight is 369 g/mol. The van der Waals surface area contributed by atoms with Gasteiger partial charge in [-0.3, -0.25) is 0 Å². The van der Waals surface area contributed by atoms with E-state index in [1.165, 1.54) is 5.56 Å². The second kappa shape index (κ2) is 6.98. The van der Waals surface area contributed by atoms with Gasteiger partial charge in [-0.2, -0.15) is 0 Å². The number of hydrogen-bond donors (Lipinski definition) is 0. The van der Waals surface area contributed by atoms with E-state index in [4.69, 9.17) is 4.74 Å². The molecule has 2 atom stereocenters. The third kappa shape index (κ3) is 3.53. The molecule has 1 unspecified atom stereocenters. The van der Waals surface area contributed by atoms with Crippen LogP contribution >= 0.6 is 22.6 Å². The number of ether oxygens (including phenoxy) is 1. The van der Waals surface area contributed by atoms with Crippen molar-refractivity contribution in [2.75, 3.05) is 6.54 Å². The fourth-order valence-electron chi connectivity index (χ4n) is 2.15. The standard InChI is InChI=1S/C16H20INO/c1-3-14(13-9-6-5-7-10-13)19-15-11-8-12-18(4-2)16(15)17/h5-12,14,16H,3-4H2,1-2H3/t14-,16?/m1/s1. The molecular weight excluding hydrogens is 349 g/mol. The van der Waals surface area contributed by atoms with Crippen molar-refractivity contribution >= 4 is 22.6 Å². The summed E-state index contributed by atoms with van der Waals surface area (Å²) in [5.74, 6) is 1.04. The second-order valence-electron chi connectivity index (χ2n) is 4.50. The Labute approximate surface area is 129 Å². The Morgan fingerprint density at radius 3 is 2.63 bits per heavy atom. The third-order valence-corrected chi connectivity index (χ3v) is 4.58.